The van der Waals surface area contributed by atoms with Crippen LogP contribution < -0.4 is 5.32 Å². The van der Waals surface area contributed by atoms with E-state index >= 15 is 0 Å². The number of amidine groups is 1. The molecule has 1 aliphatic rings. The zero-order valence-electron chi connectivity index (χ0n) is 10.9. The summed E-state index contributed by atoms with van der Waals surface area (Å²) in [5.74, 6) is 1.19. The van der Waals surface area contributed by atoms with Crippen molar-refractivity contribution in [3.63, 3.8) is 0 Å². The Hall–Kier alpha value is -1.31. The molecule has 0 aromatic heterocycles. The van der Waals surface area contributed by atoms with Gasteiger partial charge in [-0.2, -0.15) is 0 Å². The van der Waals surface area contributed by atoms with Gasteiger partial charge in [0.1, 0.15) is 0 Å². The SMILES string of the molecule is Cc1ccc([C@H](C)NC2=NCCCCC2)cc1. The van der Waals surface area contributed by atoms with E-state index in [9.17, 15) is 0 Å². The fourth-order valence-corrected chi connectivity index (χ4v) is 2.18. The number of hydrogen-bond donors (Lipinski definition) is 1. The van der Waals surface area contributed by atoms with E-state index in [0.29, 0.717) is 6.04 Å². The van der Waals surface area contributed by atoms with Crippen LogP contribution >= 0.6 is 0 Å². The van der Waals surface area contributed by atoms with Crippen LogP contribution in [0, 0.1) is 6.92 Å². The maximum absolute atomic E-state index is 4.61. The lowest BCUT2D eigenvalue weighted by molar-refractivity contribution is 0.693. The van der Waals surface area contributed by atoms with E-state index in [1.165, 1.54) is 36.2 Å². The van der Waals surface area contributed by atoms with E-state index in [2.05, 4.69) is 48.4 Å². The Labute approximate surface area is 104 Å². The van der Waals surface area contributed by atoms with Gasteiger partial charge in [-0.25, -0.2) is 0 Å². The van der Waals surface area contributed by atoms with Crippen LogP contribution in [-0.2, 0) is 0 Å². The van der Waals surface area contributed by atoms with Gasteiger partial charge in [0.05, 0.1) is 5.84 Å². The first kappa shape index (κ1) is 12.2. The molecule has 2 heteroatoms. The maximum Gasteiger partial charge on any atom is 0.0967 e. The van der Waals surface area contributed by atoms with Crippen LogP contribution in [0.3, 0.4) is 0 Å². The van der Waals surface area contributed by atoms with Crippen LogP contribution in [0.4, 0.5) is 0 Å². The lowest BCUT2D eigenvalue weighted by atomic mass is 10.1. The zero-order valence-corrected chi connectivity index (χ0v) is 10.9. The summed E-state index contributed by atoms with van der Waals surface area (Å²) in [6.45, 7) is 5.32. The summed E-state index contributed by atoms with van der Waals surface area (Å²) in [7, 11) is 0. The van der Waals surface area contributed by atoms with Crippen LogP contribution in [0.2, 0.25) is 0 Å². The van der Waals surface area contributed by atoms with Crippen LogP contribution in [0.1, 0.15) is 49.8 Å². The minimum Gasteiger partial charge on any atom is -0.367 e. The van der Waals surface area contributed by atoms with Gasteiger partial charge < -0.3 is 5.32 Å². The molecule has 0 fully saturated rings. The minimum atomic E-state index is 0.354. The first-order valence-corrected chi connectivity index (χ1v) is 6.62. The van der Waals surface area contributed by atoms with Crippen molar-refractivity contribution >= 4 is 5.84 Å². The number of nitrogens with zero attached hydrogens (tertiary/aromatic N) is 1. The molecular weight excluding hydrogens is 208 g/mol. The van der Waals surface area contributed by atoms with E-state index in [0.717, 1.165) is 13.0 Å². The number of hydrogen-bond acceptors (Lipinski definition) is 2. The molecule has 2 rings (SSSR count). The van der Waals surface area contributed by atoms with Gasteiger partial charge >= 0.3 is 0 Å². The molecule has 1 aromatic carbocycles. The molecule has 0 aliphatic carbocycles. The normalized spacial score (nSPS) is 18.1. The summed E-state index contributed by atoms with van der Waals surface area (Å²) in [4.78, 5) is 4.61. The Morgan fingerprint density at radius 1 is 1.12 bits per heavy atom. The molecule has 1 atom stereocenters. The lowest BCUT2D eigenvalue weighted by Crippen LogP contribution is -2.26. The third kappa shape index (κ3) is 3.58. The third-order valence-electron chi connectivity index (χ3n) is 3.33. The van der Waals surface area contributed by atoms with Crippen LogP contribution in [0.25, 0.3) is 0 Å². The number of rotatable bonds is 2. The lowest BCUT2D eigenvalue weighted by Gasteiger charge is -2.17. The van der Waals surface area contributed by atoms with Gasteiger partial charge in [-0.05, 0) is 32.3 Å². The molecule has 92 valence electrons. The highest BCUT2D eigenvalue weighted by Crippen LogP contribution is 2.15. The molecular formula is C15H22N2. The predicted octanol–water partition coefficient (Wildman–Crippen LogP) is 3.62. The van der Waals surface area contributed by atoms with E-state index < -0.39 is 0 Å². The fraction of sp³-hybridized carbons (Fsp3) is 0.533. The summed E-state index contributed by atoms with van der Waals surface area (Å²) >= 11 is 0. The van der Waals surface area contributed by atoms with Gasteiger partial charge in [0.25, 0.3) is 0 Å². The molecule has 0 saturated carbocycles. The number of aryl methyl sites for hydroxylation is 1. The second kappa shape index (κ2) is 5.85. The molecule has 1 N–H and O–H groups in total. The average molecular weight is 230 g/mol. The van der Waals surface area contributed by atoms with E-state index in [1.807, 2.05) is 0 Å². The largest absolute Gasteiger partial charge is 0.367 e. The Morgan fingerprint density at radius 3 is 2.65 bits per heavy atom. The molecule has 0 amide bonds. The fourth-order valence-electron chi connectivity index (χ4n) is 2.18. The van der Waals surface area contributed by atoms with E-state index in [1.54, 1.807) is 0 Å². The van der Waals surface area contributed by atoms with Crippen molar-refractivity contribution in [3.8, 4) is 0 Å². The van der Waals surface area contributed by atoms with Crippen molar-refractivity contribution in [2.45, 2.75) is 45.6 Å². The van der Waals surface area contributed by atoms with Gasteiger partial charge in [-0.15, -0.1) is 0 Å². The molecule has 0 radical (unpaired) electrons. The number of aliphatic imine (C=N–C) groups is 1. The number of nitrogens with one attached hydrogen (secondary N) is 1. The first-order valence-electron chi connectivity index (χ1n) is 6.62. The van der Waals surface area contributed by atoms with Crippen LogP contribution in [-0.4, -0.2) is 12.4 Å². The summed E-state index contributed by atoms with van der Waals surface area (Å²) in [5, 5.41) is 3.54. The van der Waals surface area contributed by atoms with Crippen LogP contribution in [0.15, 0.2) is 29.3 Å². The second-order valence-electron chi connectivity index (χ2n) is 4.92. The average Bonchev–Trinajstić information content (AvgIpc) is 2.58. The van der Waals surface area contributed by atoms with Crippen molar-refractivity contribution < 1.29 is 0 Å². The summed E-state index contributed by atoms with van der Waals surface area (Å²) < 4.78 is 0. The Morgan fingerprint density at radius 2 is 1.88 bits per heavy atom. The summed E-state index contributed by atoms with van der Waals surface area (Å²) in [6.07, 6.45) is 4.93. The minimum absolute atomic E-state index is 0.354. The molecule has 17 heavy (non-hydrogen) atoms. The smallest absolute Gasteiger partial charge is 0.0967 e. The summed E-state index contributed by atoms with van der Waals surface area (Å²) in [5.41, 5.74) is 2.65. The monoisotopic (exact) mass is 230 g/mol. The molecule has 0 unspecified atom stereocenters. The van der Waals surface area contributed by atoms with Gasteiger partial charge in [-0.1, -0.05) is 36.2 Å². The van der Waals surface area contributed by atoms with Crippen molar-refractivity contribution in [1.29, 1.82) is 0 Å². The van der Waals surface area contributed by atoms with Gasteiger partial charge in [0.2, 0.25) is 0 Å². The highest BCUT2D eigenvalue weighted by molar-refractivity contribution is 5.82. The highest BCUT2D eigenvalue weighted by Gasteiger charge is 2.09. The molecule has 0 spiro atoms. The van der Waals surface area contributed by atoms with Crippen molar-refractivity contribution in [1.82, 2.24) is 5.32 Å². The highest BCUT2D eigenvalue weighted by atomic mass is 15.0. The third-order valence-corrected chi connectivity index (χ3v) is 3.33. The second-order valence-corrected chi connectivity index (χ2v) is 4.92. The summed E-state index contributed by atoms with van der Waals surface area (Å²) in [6, 6.07) is 9.09. The zero-order chi connectivity index (χ0) is 12.1. The molecule has 1 aromatic rings. The van der Waals surface area contributed by atoms with Gasteiger partial charge in [-0.3, -0.25) is 4.99 Å². The Kier molecular flexibility index (Phi) is 4.18. The first-order chi connectivity index (χ1) is 8.25. The van der Waals surface area contributed by atoms with Crippen molar-refractivity contribution in [2.75, 3.05) is 6.54 Å². The molecule has 2 nitrogen and oxygen atoms in total. The standard InChI is InChI=1S/C15H22N2/c1-12-7-9-14(10-8-12)13(2)17-15-6-4-3-5-11-16-15/h7-10,13H,3-6,11H2,1-2H3,(H,16,17)/t13-/m0/s1. The Bertz CT molecular complexity index is 378. The molecule has 0 saturated heterocycles. The van der Waals surface area contributed by atoms with Crippen molar-refractivity contribution in [3.05, 3.63) is 35.4 Å². The number of benzene rings is 1. The van der Waals surface area contributed by atoms with E-state index in [4.69, 9.17) is 0 Å². The van der Waals surface area contributed by atoms with Gasteiger partial charge in [0, 0.05) is 19.0 Å². The van der Waals surface area contributed by atoms with E-state index in [-0.39, 0.29) is 0 Å². The van der Waals surface area contributed by atoms with Crippen LogP contribution in [0.5, 0.6) is 0 Å². The van der Waals surface area contributed by atoms with Gasteiger partial charge in [0.15, 0.2) is 0 Å². The predicted molar refractivity (Wildman–Crippen MR) is 73.5 cm³/mol. The molecule has 1 aliphatic heterocycles. The Balaban J connectivity index is 1.98. The quantitative estimate of drug-likeness (QED) is 0.824. The topological polar surface area (TPSA) is 24.4 Å². The maximum atomic E-state index is 4.61. The molecule has 0 bridgehead atoms. The molecule has 1 heterocycles. The van der Waals surface area contributed by atoms with Crippen molar-refractivity contribution in [2.24, 2.45) is 4.99 Å².